The van der Waals surface area contributed by atoms with E-state index in [1.165, 1.54) is 12.1 Å². The van der Waals surface area contributed by atoms with Crippen molar-refractivity contribution in [1.82, 2.24) is 4.72 Å². The maximum atomic E-state index is 12.7. The third-order valence-corrected chi connectivity index (χ3v) is 6.27. The van der Waals surface area contributed by atoms with Crippen LogP contribution in [0.2, 0.25) is 0 Å². The predicted molar refractivity (Wildman–Crippen MR) is 113 cm³/mol. The van der Waals surface area contributed by atoms with Gasteiger partial charge >= 0.3 is 0 Å². The molecule has 9 nitrogen and oxygen atoms in total. The third-order valence-electron chi connectivity index (χ3n) is 4.80. The van der Waals surface area contributed by atoms with Gasteiger partial charge in [0.1, 0.15) is 12.4 Å². The van der Waals surface area contributed by atoms with Crippen molar-refractivity contribution in [1.29, 1.82) is 5.26 Å². The van der Waals surface area contributed by atoms with Gasteiger partial charge in [0.2, 0.25) is 10.0 Å². The molecule has 0 aliphatic carbocycles. The first-order valence-corrected chi connectivity index (χ1v) is 11.2. The summed E-state index contributed by atoms with van der Waals surface area (Å²) in [6.45, 7) is 0.239. The normalized spacial score (nSPS) is 12.1. The second-order valence-electron chi connectivity index (χ2n) is 7.17. The second-order valence-corrected chi connectivity index (χ2v) is 8.89. The Balaban J connectivity index is 1.78. The fourth-order valence-electron chi connectivity index (χ4n) is 3.04. The summed E-state index contributed by atoms with van der Waals surface area (Å²) in [6.07, 6.45) is -1.15. The van der Waals surface area contributed by atoms with Crippen molar-refractivity contribution in [3.8, 4) is 11.8 Å². The fraction of sp³-hybridized carbons (Fsp3) is 0.174. The number of aliphatic carboxylic acids is 2. The monoisotopic (exact) mass is 466 g/mol. The van der Waals surface area contributed by atoms with E-state index in [-0.39, 0.29) is 11.5 Å². The van der Waals surface area contributed by atoms with Crippen molar-refractivity contribution < 1.29 is 33.0 Å². The quantitative estimate of drug-likeness (QED) is 0.444. The Morgan fingerprint density at radius 3 is 2.33 bits per heavy atom. The molecule has 0 radical (unpaired) electrons. The van der Waals surface area contributed by atoms with Gasteiger partial charge in [0.05, 0.1) is 28.5 Å². The minimum absolute atomic E-state index is 0.195. The molecule has 1 atom stereocenters. The highest BCUT2D eigenvalue weighted by Gasteiger charge is 2.21. The number of nitrogens with one attached hydrogen (secondary N) is 1. The van der Waals surface area contributed by atoms with Crippen LogP contribution in [-0.4, -0.2) is 26.4 Å². The summed E-state index contributed by atoms with van der Waals surface area (Å²) in [7, 11) is -4.27. The van der Waals surface area contributed by atoms with Crippen molar-refractivity contribution in [3.63, 3.8) is 0 Å². The van der Waals surface area contributed by atoms with Crippen LogP contribution < -0.4 is 19.7 Å². The fourth-order valence-corrected chi connectivity index (χ4v) is 4.30. The zero-order valence-corrected chi connectivity index (χ0v) is 18.0. The molecule has 0 aliphatic rings. The van der Waals surface area contributed by atoms with E-state index >= 15 is 0 Å². The number of rotatable bonds is 10. The van der Waals surface area contributed by atoms with Gasteiger partial charge in [-0.05, 0) is 65.6 Å². The number of benzene rings is 3. The molecule has 3 aromatic rings. The Labute approximate surface area is 189 Å². The van der Waals surface area contributed by atoms with E-state index < -0.39 is 40.8 Å². The summed E-state index contributed by atoms with van der Waals surface area (Å²) in [6, 6.07) is 16.6. The van der Waals surface area contributed by atoms with Gasteiger partial charge in [-0.1, -0.05) is 24.3 Å². The number of carboxylic acid groups (broad SMARTS) is 2. The van der Waals surface area contributed by atoms with Crippen molar-refractivity contribution in [3.05, 3.63) is 71.8 Å². The second kappa shape index (κ2) is 10.1. The van der Waals surface area contributed by atoms with E-state index in [0.717, 1.165) is 10.9 Å². The van der Waals surface area contributed by atoms with Crippen LogP contribution in [0.15, 0.2) is 65.6 Å². The van der Waals surface area contributed by atoms with Crippen molar-refractivity contribution in [2.75, 3.05) is 0 Å². The standard InChI is InChI=1S/C23H20N2O7S/c24-13-15-1-3-16(4-2-15)14-32-19-7-5-17-6-8-20(12-18(17)11-19)33(30,31)25-21(23(28)29)9-10-22(26)27/h1-8,11-12,21,25H,9-10,14H2,(H,26,27)(H,28,29)/p-2/t21-/m1/s1. The van der Waals surface area contributed by atoms with Gasteiger partial charge in [-0.3, -0.25) is 0 Å². The Morgan fingerprint density at radius 1 is 1.00 bits per heavy atom. The van der Waals surface area contributed by atoms with Crippen molar-refractivity contribution >= 4 is 32.7 Å². The van der Waals surface area contributed by atoms with Crippen LogP contribution in [0.25, 0.3) is 10.8 Å². The molecule has 170 valence electrons. The number of sulfonamides is 1. The largest absolute Gasteiger partial charge is 0.550 e. The topological polar surface area (TPSA) is 159 Å². The van der Waals surface area contributed by atoms with Crippen LogP contribution in [0.1, 0.15) is 24.0 Å². The molecule has 0 unspecified atom stereocenters. The molecule has 0 spiro atoms. The molecular formula is C23H18N2O7S-2. The molecule has 0 amide bonds. The van der Waals surface area contributed by atoms with Crippen molar-refractivity contribution in [2.45, 2.75) is 30.4 Å². The van der Waals surface area contributed by atoms with Crippen molar-refractivity contribution in [2.24, 2.45) is 0 Å². The Morgan fingerprint density at radius 2 is 1.70 bits per heavy atom. The third kappa shape index (κ3) is 6.29. The molecule has 0 heterocycles. The van der Waals surface area contributed by atoms with E-state index in [0.29, 0.717) is 16.7 Å². The highest BCUT2D eigenvalue weighted by Crippen LogP contribution is 2.25. The first-order valence-electron chi connectivity index (χ1n) is 9.76. The smallest absolute Gasteiger partial charge is 0.241 e. The van der Waals surface area contributed by atoms with E-state index in [1.807, 2.05) is 10.8 Å². The summed E-state index contributed by atoms with van der Waals surface area (Å²) in [5, 5.41) is 31.9. The van der Waals surface area contributed by atoms with Gasteiger partial charge < -0.3 is 24.5 Å². The average molecular weight is 466 g/mol. The number of hydrogen-bond donors (Lipinski definition) is 1. The summed E-state index contributed by atoms with van der Waals surface area (Å²) in [4.78, 5) is 21.6. The summed E-state index contributed by atoms with van der Waals surface area (Å²) in [5.74, 6) is -2.75. The van der Waals surface area contributed by atoms with Gasteiger partial charge in [-0.25, -0.2) is 13.1 Å². The lowest BCUT2D eigenvalue weighted by Gasteiger charge is -2.20. The van der Waals surface area contributed by atoms with Gasteiger partial charge in [0, 0.05) is 5.97 Å². The molecule has 3 rings (SSSR count). The number of carbonyl (C=O) groups is 2. The molecule has 10 heteroatoms. The van der Waals surface area contributed by atoms with Gasteiger partial charge in [-0.15, -0.1) is 0 Å². The van der Waals surface area contributed by atoms with Gasteiger partial charge in [0.25, 0.3) is 0 Å². The summed E-state index contributed by atoms with van der Waals surface area (Å²) < 4.78 is 33.0. The first kappa shape index (κ1) is 23.7. The number of carboxylic acids is 2. The molecule has 0 fully saturated rings. The lowest BCUT2D eigenvalue weighted by molar-refractivity contribution is -0.309. The minimum atomic E-state index is -4.27. The van der Waals surface area contributed by atoms with E-state index in [1.54, 1.807) is 48.5 Å². The van der Waals surface area contributed by atoms with Crippen LogP contribution in [0.4, 0.5) is 0 Å². The number of nitriles is 1. The maximum Gasteiger partial charge on any atom is 0.241 e. The number of ether oxygens (including phenoxy) is 1. The molecule has 0 bridgehead atoms. The SMILES string of the molecule is N#Cc1ccc(COc2ccc3ccc(S(=O)(=O)N[C@H](CCC(=O)[O-])C(=O)[O-])cc3c2)cc1. The molecule has 0 saturated carbocycles. The molecule has 3 aromatic carbocycles. The van der Waals surface area contributed by atoms with E-state index in [9.17, 15) is 28.2 Å². The number of fused-ring (bicyclic) bond motifs is 1. The minimum Gasteiger partial charge on any atom is -0.550 e. The molecule has 1 N–H and O–H groups in total. The number of hydrogen-bond acceptors (Lipinski definition) is 8. The Hall–Kier alpha value is -3.94. The molecule has 0 aromatic heterocycles. The van der Waals surface area contributed by atoms with Crippen LogP contribution >= 0.6 is 0 Å². The van der Waals surface area contributed by atoms with Gasteiger partial charge in [-0.2, -0.15) is 5.26 Å². The zero-order chi connectivity index (χ0) is 24.0. The Kier molecular flexibility index (Phi) is 7.27. The Bertz CT molecular complexity index is 1330. The highest BCUT2D eigenvalue weighted by molar-refractivity contribution is 7.89. The van der Waals surface area contributed by atoms with Crippen LogP contribution in [-0.2, 0) is 26.2 Å². The van der Waals surface area contributed by atoms with Crippen LogP contribution in [0, 0.1) is 11.3 Å². The number of carbonyl (C=O) groups excluding carboxylic acids is 2. The zero-order valence-electron chi connectivity index (χ0n) is 17.2. The lowest BCUT2D eigenvalue weighted by Crippen LogP contribution is -2.48. The summed E-state index contributed by atoms with van der Waals surface area (Å²) >= 11 is 0. The number of nitrogens with zero attached hydrogens (tertiary/aromatic N) is 1. The van der Waals surface area contributed by atoms with E-state index in [4.69, 9.17) is 10.00 Å². The van der Waals surface area contributed by atoms with Crippen LogP contribution in [0.5, 0.6) is 5.75 Å². The van der Waals surface area contributed by atoms with Gasteiger partial charge in [0.15, 0.2) is 0 Å². The highest BCUT2D eigenvalue weighted by atomic mass is 32.2. The predicted octanol–water partition coefficient (Wildman–Crippen LogP) is 0.217. The molecule has 33 heavy (non-hydrogen) atoms. The van der Waals surface area contributed by atoms with Crippen LogP contribution in [0.3, 0.4) is 0 Å². The summed E-state index contributed by atoms with van der Waals surface area (Å²) in [5.41, 5.74) is 1.38. The first-order chi connectivity index (χ1) is 15.7. The molecule has 0 saturated heterocycles. The average Bonchev–Trinajstić information content (AvgIpc) is 2.79. The molecular weight excluding hydrogens is 448 g/mol. The maximum absolute atomic E-state index is 12.7. The lowest BCUT2D eigenvalue weighted by atomic mass is 10.1. The van der Waals surface area contributed by atoms with E-state index in [2.05, 4.69) is 0 Å². The molecule has 0 aliphatic heterocycles.